The molecule has 2 heterocycles. The Labute approximate surface area is 118 Å². The molecule has 1 N–H and O–H groups in total. The minimum Gasteiger partial charge on any atom is -0.337 e. The van der Waals surface area contributed by atoms with Gasteiger partial charge in [0.2, 0.25) is 0 Å². The highest BCUT2D eigenvalue weighted by Gasteiger charge is 2.31. The van der Waals surface area contributed by atoms with Crippen LogP contribution in [0.2, 0.25) is 0 Å². The van der Waals surface area contributed by atoms with Gasteiger partial charge in [0.05, 0.1) is 5.56 Å². The fourth-order valence-corrected chi connectivity index (χ4v) is 2.93. The molecule has 2 atom stereocenters. The fraction of sp³-hybridized carbons (Fsp3) is 0.500. The third-order valence-electron chi connectivity index (χ3n) is 3.91. The summed E-state index contributed by atoms with van der Waals surface area (Å²) >= 11 is 0. The van der Waals surface area contributed by atoms with Crippen LogP contribution in [0.1, 0.15) is 29.6 Å². The molecule has 0 aromatic heterocycles. The molecule has 2 unspecified atom stereocenters. The van der Waals surface area contributed by atoms with Gasteiger partial charge in [-0.25, -0.2) is 4.39 Å². The number of carbonyl (C=O) groups excluding carboxylic acids is 1. The van der Waals surface area contributed by atoms with Gasteiger partial charge in [0.1, 0.15) is 5.82 Å². The second kappa shape index (κ2) is 5.88. The summed E-state index contributed by atoms with van der Waals surface area (Å²) < 4.78 is 13.6. The molecule has 3 rings (SSSR count). The molecule has 2 saturated heterocycles. The van der Waals surface area contributed by atoms with Crippen LogP contribution in [-0.4, -0.2) is 36.0 Å². The van der Waals surface area contributed by atoms with Crippen molar-refractivity contribution >= 4 is 18.3 Å². The summed E-state index contributed by atoms with van der Waals surface area (Å²) in [5.41, 5.74) is 0.190. The van der Waals surface area contributed by atoms with E-state index in [9.17, 15) is 9.18 Å². The highest BCUT2D eigenvalue weighted by molar-refractivity contribution is 5.94. The maximum atomic E-state index is 13.6. The van der Waals surface area contributed by atoms with E-state index in [2.05, 4.69) is 5.32 Å². The van der Waals surface area contributed by atoms with Crippen molar-refractivity contribution in [2.45, 2.75) is 31.3 Å². The van der Waals surface area contributed by atoms with Gasteiger partial charge in [0.15, 0.2) is 0 Å². The van der Waals surface area contributed by atoms with Crippen LogP contribution in [-0.2, 0) is 0 Å². The van der Waals surface area contributed by atoms with Crippen molar-refractivity contribution in [1.82, 2.24) is 10.2 Å². The van der Waals surface area contributed by atoms with Gasteiger partial charge in [-0.15, -0.1) is 12.4 Å². The SMILES string of the molecule is Cl.O=C(c1ccccc1F)N1CCC2CCC(C1)N2. The molecule has 1 aromatic rings. The number of benzene rings is 1. The number of amides is 1. The number of nitrogens with one attached hydrogen (secondary N) is 1. The summed E-state index contributed by atoms with van der Waals surface area (Å²) in [6.07, 6.45) is 3.29. The topological polar surface area (TPSA) is 32.3 Å². The highest BCUT2D eigenvalue weighted by atomic mass is 35.5. The number of fused-ring (bicyclic) bond motifs is 2. The molecule has 2 aliphatic heterocycles. The second-order valence-corrected chi connectivity index (χ2v) is 5.16. The molecular formula is C14H18ClFN2O. The third-order valence-corrected chi connectivity index (χ3v) is 3.91. The van der Waals surface area contributed by atoms with Crippen molar-refractivity contribution in [3.05, 3.63) is 35.6 Å². The van der Waals surface area contributed by atoms with E-state index < -0.39 is 5.82 Å². The van der Waals surface area contributed by atoms with Crippen LogP contribution in [0.4, 0.5) is 4.39 Å². The van der Waals surface area contributed by atoms with E-state index >= 15 is 0 Å². The first kappa shape index (κ1) is 14.3. The monoisotopic (exact) mass is 284 g/mol. The molecule has 5 heteroatoms. The van der Waals surface area contributed by atoms with Gasteiger partial charge >= 0.3 is 0 Å². The Hall–Kier alpha value is -1.13. The molecule has 0 aliphatic carbocycles. The first-order valence-electron chi connectivity index (χ1n) is 6.54. The van der Waals surface area contributed by atoms with E-state index in [4.69, 9.17) is 0 Å². The zero-order valence-corrected chi connectivity index (χ0v) is 11.5. The zero-order chi connectivity index (χ0) is 12.5. The van der Waals surface area contributed by atoms with Crippen molar-refractivity contribution < 1.29 is 9.18 Å². The highest BCUT2D eigenvalue weighted by Crippen LogP contribution is 2.22. The van der Waals surface area contributed by atoms with Crippen molar-refractivity contribution in [3.63, 3.8) is 0 Å². The third kappa shape index (κ3) is 2.90. The second-order valence-electron chi connectivity index (χ2n) is 5.16. The smallest absolute Gasteiger partial charge is 0.256 e. The molecule has 0 spiro atoms. The maximum absolute atomic E-state index is 13.6. The minimum atomic E-state index is -0.426. The normalized spacial score (nSPS) is 25.6. The summed E-state index contributed by atoms with van der Waals surface area (Å²) in [4.78, 5) is 14.1. The molecular weight excluding hydrogens is 267 g/mol. The summed E-state index contributed by atoms with van der Waals surface area (Å²) in [7, 11) is 0. The molecule has 19 heavy (non-hydrogen) atoms. The fourth-order valence-electron chi connectivity index (χ4n) is 2.93. The average molecular weight is 285 g/mol. The largest absolute Gasteiger partial charge is 0.337 e. The Morgan fingerprint density at radius 1 is 1.21 bits per heavy atom. The quantitative estimate of drug-likeness (QED) is 0.858. The van der Waals surface area contributed by atoms with Gasteiger partial charge in [-0.1, -0.05) is 12.1 Å². The van der Waals surface area contributed by atoms with Crippen LogP contribution in [0.5, 0.6) is 0 Å². The van der Waals surface area contributed by atoms with Crippen molar-refractivity contribution in [3.8, 4) is 0 Å². The first-order chi connectivity index (χ1) is 8.74. The van der Waals surface area contributed by atoms with E-state index in [0.29, 0.717) is 18.6 Å². The Morgan fingerprint density at radius 2 is 1.95 bits per heavy atom. The van der Waals surface area contributed by atoms with Crippen molar-refractivity contribution in [2.24, 2.45) is 0 Å². The van der Waals surface area contributed by atoms with Crippen LogP contribution < -0.4 is 5.32 Å². The standard InChI is InChI=1S/C14H17FN2O.ClH/c15-13-4-2-1-3-12(13)14(18)17-8-7-10-5-6-11(9-17)16-10;/h1-4,10-11,16H,5-9H2;1H. The molecule has 1 aromatic carbocycles. The zero-order valence-electron chi connectivity index (χ0n) is 10.6. The lowest BCUT2D eigenvalue weighted by molar-refractivity contribution is 0.0743. The molecule has 2 aliphatic rings. The molecule has 0 saturated carbocycles. The van der Waals surface area contributed by atoms with Crippen molar-refractivity contribution in [1.29, 1.82) is 0 Å². The summed E-state index contributed by atoms with van der Waals surface area (Å²) in [6.45, 7) is 1.42. The lowest BCUT2D eigenvalue weighted by atomic mass is 10.1. The summed E-state index contributed by atoms with van der Waals surface area (Å²) in [5.74, 6) is -0.604. The predicted octanol–water partition coefficient (Wildman–Crippen LogP) is 2.21. The molecule has 2 bridgehead atoms. The van der Waals surface area contributed by atoms with E-state index in [1.54, 1.807) is 23.1 Å². The molecule has 1 amide bonds. The minimum absolute atomic E-state index is 0. The lowest BCUT2D eigenvalue weighted by Gasteiger charge is -2.24. The number of hydrogen-bond acceptors (Lipinski definition) is 2. The van der Waals surface area contributed by atoms with Gasteiger partial charge in [-0.3, -0.25) is 4.79 Å². The van der Waals surface area contributed by atoms with Crippen LogP contribution in [0.3, 0.4) is 0 Å². The van der Waals surface area contributed by atoms with Crippen LogP contribution in [0.25, 0.3) is 0 Å². The van der Waals surface area contributed by atoms with Crippen LogP contribution in [0, 0.1) is 5.82 Å². The predicted molar refractivity (Wildman–Crippen MR) is 74.1 cm³/mol. The van der Waals surface area contributed by atoms with E-state index in [0.717, 1.165) is 19.4 Å². The van der Waals surface area contributed by atoms with Crippen LogP contribution in [0.15, 0.2) is 24.3 Å². The molecule has 2 fully saturated rings. The van der Waals surface area contributed by atoms with Gasteiger partial charge < -0.3 is 10.2 Å². The van der Waals surface area contributed by atoms with Gasteiger partial charge in [0, 0.05) is 25.2 Å². The van der Waals surface area contributed by atoms with E-state index in [1.165, 1.54) is 12.5 Å². The number of rotatable bonds is 1. The first-order valence-corrected chi connectivity index (χ1v) is 6.54. The number of carbonyl (C=O) groups is 1. The Balaban J connectivity index is 0.00000133. The van der Waals surface area contributed by atoms with Gasteiger partial charge in [0.25, 0.3) is 5.91 Å². The van der Waals surface area contributed by atoms with Crippen LogP contribution >= 0.6 is 12.4 Å². The van der Waals surface area contributed by atoms with E-state index in [-0.39, 0.29) is 23.9 Å². The van der Waals surface area contributed by atoms with Gasteiger partial charge in [-0.05, 0) is 31.4 Å². The van der Waals surface area contributed by atoms with Crippen molar-refractivity contribution in [2.75, 3.05) is 13.1 Å². The van der Waals surface area contributed by atoms with Gasteiger partial charge in [-0.2, -0.15) is 0 Å². The molecule has 0 radical (unpaired) electrons. The van der Waals surface area contributed by atoms with E-state index in [1.807, 2.05) is 0 Å². The number of nitrogens with zero attached hydrogens (tertiary/aromatic N) is 1. The Bertz CT molecular complexity index is 469. The maximum Gasteiger partial charge on any atom is 0.256 e. The Kier molecular flexibility index (Phi) is 4.42. The number of likely N-dealkylation sites (tertiary alicyclic amines) is 1. The summed E-state index contributed by atoms with van der Waals surface area (Å²) in [6, 6.07) is 7.14. The summed E-state index contributed by atoms with van der Waals surface area (Å²) in [5, 5.41) is 3.52. The lowest BCUT2D eigenvalue weighted by Crippen LogP contribution is -2.39. The Morgan fingerprint density at radius 3 is 2.74 bits per heavy atom. The average Bonchev–Trinajstić information content (AvgIpc) is 2.69. The number of halogens is 2. The number of hydrogen-bond donors (Lipinski definition) is 1. The molecule has 3 nitrogen and oxygen atoms in total. The molecule has 104 valence electrons.